The summed E-state index contributed by atoms with van der Waals surface area (Å²) < 4.78 is 3.28. The van der Waals surface area contributed by atoms with Gasteiger partial charge < -0.3 is 15.8 Å². The Morgan fingerprint density at radius 1 is 1.47 bits per heavy atom. The molecule has 1 atom stereocenters. The molecule has 0 aliphatic carbocycles. The molecule has 0 bridgehead atoms. The van der Waals surface area contributed by atoms with Gasteiger partial charge in [0.05, 0.1) is 0 Å². The van der Waals surface area contributed by atoms with E-state index in [4.69, 9.17) is 16.9 Å². The Balaban J connectivity index is 2.60. The van der Waals surface area contributed by atoms with E-state index in [0.717, 1.165) is 12.0 Å². The van der Waals surface area contributed by atoms with E-state index in [-0.39, 0.29) is 27.4 Å². The van der Waals surface area contributed by atoms with Gasteiger partial charge in [0.2, 0.25) is 0 Å². The largest absolute Gasteiger partial charge is 0.387 e. The zero-order chi connectivity index (χ0) is 11.3. The van der Waals surface area contributed by atoms with Gasteiger partial charge in [-0.15, -0.1) is 0 Å². The zero-order valence-corrected chi connectivity index (χ0v) is 10.4. The van der Waals surface area contributed by atoms with E-state index in [1.54, 1.807) is 0 Å². The molecule has 0 radical (unpaired) electrons. The molecule has 0 unspecified atom stereocenters. The third-order valence-electron chi connectivity index (χ3n) is 2.19. The topological polar surface area (TPSA) is 87.9 Å². The van der Waals surface area contributed by atoms with Crippen molar-refractivity contribution in [2.75, 3.05) is 0 Å². The maximum absolute atomic E-state index is 7.26. The molecule has 0 saturated carbocycles. The summed E-state index contributed by atoms with van der Waals surface area (Å²) in [5.74, 6) is 2.27. The van der Waals surface area contributed by atoms with Crippen LogP contribution in [0.3, 0.4) is 0 Å². The zero-order valence-electron chi connectivity index (χ0n) is 8.96. The van der Waals surface area contributed by atoms with E-state index in [1.165, 1.54) is 5.56 Å². The van der Waals surface area contributed by atoms with Crippen LogP contribution < -0.4 is 15.8 Å². The van der Waals surface area contributed by atoms with Crippen LogP contribution in [-0.2, 0) is 6.42 Å². The summed E-state index contributed by atoms with van der Waals surface area (Å²) in [5.41, 5.74) is 13.2. The Labute approximate surface area is 96.5 Å². The number of hydrogen-bond acceptors (Lipinski definition) is 3. The number of benzene rings is 1. The van der Waals surface area contributed by atoms with Crippen LogP contribution in [0.15, 0.2) is 24.3 Å². The van der Waals surface area contributed by atoms with E-state index in [2.05, 4.69) is 10.1 Å². The molecule has 5 heteroatoms. The predicted octanol–water partition coefficient (Wildman–Crippen LogP) is -0.213. The average molecular weight is 220 g/mol. The van der Waals surface area contributed by atoms with E-state index < -0.39 is 0 Å². The molecule has 1 aromatic rings. The Morgan fingerprint density at radius 2 is 2.07 bits per heavy atom. The molecular formula is C10H17AlN4. The Kier molecular flexibility index (Phi) is 4.79. The third kappa shape index (κ3) is 4.02. The summed E-state index contributed by atoms with van der Waals surface area (Å²) in [4.78, 5) is 0. The average Bonchev–Trinajstić information content (AvgIpc) is 2.18. The van der Waals surface area contributed by atoms with Gasteiger partial charge in [0.1, 0.15) is 5.84 Å². The minimum absolute atomic E-state index is 0.0462. The highest BCUT2D eigenvalue weighted by molar-refractivity contribution is 6.30. The van der Waals surface area contributed by atoms with Crippen molar-refractivity contribution in [2.24, 2.45) is 11.5 Å². The summed E-state index contributed by atoms with van der Waals surface area (Å²) in [6, 6.07) is 7.65. The quantitative estimate of drug-likeness (QED) is 0.239. The molecule has 0 aliphatic rings. The second-order valence-electron chi connectivity index (χ2n) is 3.48. The van der Waals surface area contributed by atoms with Crippen LogP contribution in [0.4, 0.5) is 0 Å². The Morgan fingerprint density at radius 3 is 2.53 bits per heavy atom. The predicted molar refractivity (Wildman–Crippen MR) is 65.3 cm³/mol. The fourth-order valence-corrected chi connectivity index (χ4v) is 2.08. The van der Waals surface area contributed by atoms with Crippen molar-refractivity contribution in [3.63, 3.8) is 0 Å². The summed E-state index contributed by atoms with van der Waals surface area (Å²) in [6.07, 6.45) is 0.865. The van der Waals surface area contributed by atoms with Gasteiger partial charge in [-0.2, -0.15) is 0 Å². The molecule has 0 fully saturated rings. The number of nitrogen functional groups attached to an aromatic ring is 1. The number of amidine groups is 1. The lowest BCUT2D eigenvalue weighted by molar-refractivity contribution is 0.645. The van der Waals surface area contributed by atoms with Gasteiger partial charge in [-0.3, -0.25) is 5.41 Å². The Bertz CT molecular complexity index is 323. The highest BCUT2D eigenvalue weighted by Gasteiger charge is 2.02. The van der Waals surface area contributed by atoms with Crippen LogP contribution >= 0.6 is 0 Å². The Hall–Kier alpha value is -0.858. The van der Waals surface area contributed by atoms with Gasteiger partial charge in [0.25, 0.3) is 0 Å². The van der Waals surface area contributed by atoms with Crippen molar-refractivity contribution >= 4 is 21.3 Å². The number of nitrogens with one attached hydrogen (secondary N) is 2. The minimum Gasteiger partial charge on any atom is -0.387 e. The lowest BCUT2D eigenvalue weighted by atomic mass is 10.1. The maximum Gasteiger partial charge on any atom is 0.342 e. The SMILES string of the molecule is [CH3][AlH][NH][C@H](N)Cc1ccc(C(=N)N)cc1. The molecular weight excluding hydrogens is 203 g/mol. The molecule has 0 spiro atoms. The first-order chi connectivity index (χ1) is 7.13. The molecule has 6 N–H and O–H groups in total. The van der Waals surface area contributed by atoms with Crippen molar-refractivity contribution in [3.05, 3.63) is 35.4 Å². The van der Waals surface area contributed by atoms with E-state index in [1.807, 2.05) is 24.3 Å². The monoisotopic (exact) mass is 220 g/mol. The fraction of sp³-hybridized carbons (Fsp3) is 0.300. The maximum atomic E-state index is 7.26. The van der Waals surface area contributed by atoms with Gasteiger partial charge in [-0.1, -0.05) is 30.1 Å². The van der Waals surface area contributed by atoms with E-state index in [9.17, 15) is 0 Å². The second-order valence-corrected chi connectivity index (χ2v) is 4.59. The van der Waals surface area contributed by atoms with Gasteiger partial charge in [0, 0.05) is 11.7 Å². The summed E-state index contributed by atoms with van der Waals surface area (Å²) in [5, 5.41) is 7.26. The van der Waals surface area contributed by atoms with Gasteiger partial charge in [0.15, 0.2) is 0 Å². The highest BCUT2D eigenvalue weighted by atomic mass is 27.1. The standard InChI is InChI=1S/C9H13N4.CH3.Al.H/c10-8(11)5-6-1-3-7(4-2-6)9(12)13;;;/h1-4,8,10H,5,11H2,(H3,12,13);1H3;;/q-1;;+1;/t8-;;;/m1.../s1. The van der Waals surface area contributed by atoms with Crippen molar-refractivity contribution < 1.29 is 0 Å². The first kappa shape index (κ1) is 12.2. The van der Waals surface area contributed by atoms with Crippen molar-refractivity contribution in [1.29, 1.82) is 5.41 Å². The molecule has 1 rings (SSSR count). The second kappa shape index (κ2) is 5.89. The molecule has 0 heterocycles. The smallest absolute Gasteiger partial charge is 0.342 e. The summed E-state index contributed by atoms with van der Waals surface area (Å²) in [6.45, 7) is 0. The van der Waals surface area contributed by atoms with Crippen LogP contribution in [0.2, 0.25) is 5.79 Å². The van der Waals surface area contributed by atoms with Crippen LogP contribution in [0.25, 0.3) is 0 Å². The molecule has 80 valence electrons. The molecule has 0 aliphatic heterocycles. The molecule has 0 saturated heterocycles. The lowest BCUT2D eigenvalue weighted by Gasteiger charge is -2.12. The lowest BCUT2D eigenvalue weighted by Crippen LogP contribution is -2.40. The molecule has 0 amide bonds. The van der Waals surface area contributed by atoms with E-state index in [0.29, 0.717) is 0 Å². The van der Waals surface area contributed by atoms with Crippen LogP contribution in [0, 0.1) is 5.41 Å². The molecule has 4 nitrogen and oxygen atoms in total. The van der Waals surface area contributed by atoms with Crippen molar-refractivity contribution in [2.45, 2.75) is 18.4 Å². The normalized spacial score (nSPS) is 12.1. The van der Waals surface area contributed by atoms with Crippen LogP contribution in [0.5, 0.6) is 0 Å². The van der Waals surface area contributed by atoms with E-state index >= 15 is 0 Å². The molecule has 1 aromatic carbocycles. The van der Waals surface area contributed by atoms with Crippen LogP contribution in [-0.4, -0.2) is 27.4 Å². The van der Waals surface area contributed by atoms with Gasteiger partial charge >= 0.3 is 15.4 Å². The highest BCUT2D eigenvalue weighted by Crippen LogP contribution is 2.05. The number of rotatable bonds is 5. The molecule has 0 aromatic heterocycles. The summed E-state index contributed by atoms with van der Waals surface area (Å²) in [7, 11) is 0. The number of hydrogen-bond donors (Lipinski definition) is 4. The first-order valence-electron chi connectivity index (χ1n) is 5.05. The van der Waals surface area contributed by atoms with Crippen LogP contribution in [0.1, 0.15) is 11.1 Å². The van der Waals surface area contributed by atoms with Gasteiger partial charge in [-0.25, -0.2) is 0 Å². The third-order valence-corrected chi connectivity index (χ3v) is 3.12. The number of nitrogens with two attached hydrogens (primary N) is 2. The summed E-state index contributed by atoms with van der Waals surface area (Å²) >= 11 is -0.199. The molecule has 15 heavy (non-hydrogen) atoms. The fourth-order valence-electron chi connectivity index (χ4n) is 1.41. The van der Waals surface area contributed by atoms with Gasteiger partial charge in [-0.05, 0) is 12.0 Å². The minimum atomic E-state index is -0.199. The van der Waals surface area contributed by atoms with Crippen molar-refractivity contribution in [3.8, 4) is 0 Å². The van der Waals surface area contributed by atoms with Crippen molar-refractivity contribution in [1.82, 2.24) is 4.30 Å². The first-order valence-corrected chi connectivity index (χ1v) is 7.18.